The summed E-state index contributed by atoms with van der Waals surface area (Å²) in [6.07, 6.45) is 4.19. The first-order valence-electron chi connectivity index (χ1n) is 11.1. The van der Waals surface area contributed by atoms with E-state index in [-0.39, 0.29) is 12.4 Å². The minimum absolute atomic E-state index is 0. The third kappa shape index (κ3) is 5.16. The van der Waals surface area contributed by atoms with Crippen molar-refractivity contribution < 1.29 is 17.0 Å². The first-order valence-corrected chi connectivity index (χ1v) is 11.1. The molecule has 1 N–H and O–H groups in total. The number of imidazole rings is 1. The molecule has 0 saturated heterocycles. The zero-order chi connectivity index (χ0) is 21.3. The maximum atomic E-state index is 3.51. The molecular weight excluding hydrogens is 388 g/mol. The van der Waals surface area contributed by atoms with E-state index in [1.165, 1.54) is 33.5 Å². The van der Waals surface area contributed by atoms with Gasteiger partial charge in [-0.05, 0) is 70.2 Å². The van der Waals surface area contributed by atoms with Gasteiger partial charge in [0.15, 0.2) is 0 Å². The van der Waals surface area contributed by atoms with Gasteiger partial charge in [0.05, 0.1) is 5.56 Å². The molecule has 0 spiro atoms. The molecule has 162 valence electrons. The van der Waals surface area contributed by atoms with Crippen LogP contribution in [-0.4, -0.2) is 4.98 Å². The lowest BCUT2D eigenvalue weighted by atomic mass is 9.92. The molecule has 0 fully saturated rings. The number of rotatable bonds is 6. The maximum absolute atomic E-state index is 3.51. The number of hydrogen-bond acceptors (Lipinski definition) is 0. The summed E-state index contributed by atoms with van der Waals surface area (Å²) in [6.45, 7) is 18.2. The van der Waals surface area contributed by atoms with E-state index in [4.69, 9.17) is 0 Å². The summed E-state index contributed by atoms with van der Waals surface area (Å²) in [7, 11) is 0. The predicted octanol–water partition coefficient (Wildman–Crippen LogP) is 4.46. The lowest BCUT2D eigenvalue weighted by Crippen LogP contribution is -3.00. The maximum Gasteiger partial charge on any atom is 0.291 e. The van der Waals surface area contributed by atoms with Crippen LogP contribution in [0.5, 0.6) is 0 Å². The largest absolute Gasteiger partial charge is 1.00 e. The van der Waals surface area contributed by atoms with Crippen molar-refractivity contribution in [3.63, 3.8) is 0 Å². The summed E-state index contributed by atoms with van der Waals surface area (Å²) < 4.78 is 2.31. The summed E-state index contributed by atoms with van der Waals surface area (Å²) in [4.78, 5) is 3.51. The number of nitrogens with one attached hydrogen (secondary N) is 1. The van der Waals surface area contributed by atoms with Gasteiger partial charge >= 0.3 is 0 Å². The first-order chi connectivity index (χ1) is 13.7. The highest BCUT2D eigenvalue weighted by atomic mass is 35.5. The number of halogens is 1. The van der Waals surface area contributed by atoms with Crippen LogP contribution in [0.1, 0.15) is 101 Å². The van der Waals surface area contributed by atoms with E-state index in [1.807, 2.05) is 6.20 Å². The number of benzene rings is 2. The summed E-state index contributed by atoms with van der Waals surface area (Å²) in [5.74, 6) is 3.17. The van der Waals surface area contributed by atoms with Gasteiger partial charge in [-0.25, -0.2) is 4.98 Å². The SMILES string of the molecule is CC(C)c1cc(-c2[nH]cc[n+]2-c2cc(C(C)C)cc(C(C)C)c2)cc(C(C)C)c1.[Cl-]. The summed E-state index contributed by atoms with van der Waals surface area (Å²) in [6, 6.07) is 14.1. The van der Waals surface area contributed by atoms with Crippen molar-refractivity contribution in [1.82, 2.24) is 4.98 Å². The monoisotopic (exact) mass is 424 g/mol. The molecule has 0 atom stereocenters. The van der Waals surface area contributed by atoms with Crippen molar-refractivity contribution in [2.75, 3.05) is 0 Å². The van der Waals surface area contributed by atoms with Crippen LogP contribution in [0.3, 0.4) is 0 Å². The fourth-order valence-corrected chi connectivity index (χ4v) is 3.72. The molecule has 3 aromatic rings. The molecule has 0 radical (unpaired) electrons. The molecule has 1 heterocycles. The number of H-pyrrole nitrogens is 1. The summed E-state index contributed by atoms with van der Waals surface area (Å²) in [5.41, 5.74) is 8.06. The fraction of sp³-hybridized carbons (Fsp3) is 0.444. The second kappa shape index (κ2) is 9.83. The van der Waals surface area contributed by atoms with E-state index < -0.39 is 0 Å². The molecule has 30 heavy (non-hydrogen) atoms. The minimum atomic E-state index is 0. The molecule has 2 nitrogen and oxygen atoms in total. The van der Waals surface area contributed by atoms with E-state index in [0.717, 1.165) is 5.82 Å². The van der Waals surface area contributed by atoms with E-state index in [0.29, 0.717) is 23.7 Å². The van der Waals surface area contributed by atoms with E-state index in [1.54, 1.807) is 0 Å². The van der Waals surface area contributed by atoms with Gasteiger partial charge in [0, 0.05) is 0 Å². The molecule has 0 aliphatic rings. The van der Waals surface area contributed by atoms with Crippen molar-refractivity contribution in [3.05, 3.63) is 71.0 Å². The number of nitrogens with zero attached hydrogens (tertiary/aromatic N) is 1. The highest BCUT2D eigenvalue weighted by molar-refractivity contribution is 5.57. The Morgan fingerprint density at radius 2 is 1.00 bits per heavy atom. The Bertz CT molecular complexity index is 850. The molecule has 2 aromatic carbocycles. The fourth-order valence-electron chi connectivity index (χ4n) is 3.72. The van der Waals surface area contributed by atoms with Gasteiger partial charge in [-0.2, -0.15) is 4.57 Å². The standard InChI is InChI=1S/C27H36N2.ClH/c1-17(2)21-11-22(18(3)4)14-25(13-21)27-28-9-10-29(27)26-15-23(19(5)6)12-24(16-26)20(7)8;/h9-20H,1-8H3;1H. The summed E-state index contributed by atoms with van der Waals surface area (Å²) >= 11 is 0. The van der Waals surface area contributed by atoms with E-state index >= 15 is 0 Å². The number of aromatic nitrogens is 2. The van der Waals surface area contributed by atoms with Gasteiger partial charge in [-0.1, -0.05) is 67.5 Å². The second-order valence-electron chi connectivity index (χ2n) is 9.54. The van der Waals surface area contributed by atoms with Gasteiger partial charge in [-0.15, -0.1) is 0 Å². The van der Waals surface area contributed by atoms with Crippen LogP contribution in [0.4, 0.5) is 0 Å². The molecule has 1 aromatic heterocycles. The third-order valence-electron chi connectivity index (χ3n) is 5.84. The molecular formula is C27H37ClN2. The molecule has 0 aliphatic carbocycles. The Labute approximate surface area is 189 Å². The quantitative estimate of drug-likeness (QED) is 0.564. The molecule has 0 bridgehead atoms. The number of aromatic amines is 1. The molecule has 0 unspecified atom stereocenters. The van der Waals surface area contributed by atoms with Crippen LogP contribution >= 0.6 is 0 Å². The van der Waals surface area contributed by atoms with Crippen molar-refractivity contribution in [2.24, 2.45) is 0 Å². The Hall–Kier alpha value is -2.06. The lowest BCUT2D eigenvalue weighted by molar-refractivity contribution is -0.582. The first kappa shape index (κ1) is 24.2. The minimum Gasteiger partial charge on any atom is -1.00 e. The van der Waals surface area contributed by atoms with Crippen LogP contribution < -0.4 is 17.0 Å². The van der Waals surface area contributed by atoms with Crippen molar-refractivity contribution >= 4 is 0 Å². The van der Waals surface area contributed by atoms with Gasteiger partial charge in [0.2, 0.25) is 0 Å². The predicted molar refractivity (Wildman–Crippen MR) is 124 cm³/mol. The van der Waals surface area contributed by atoms with Crippen LogP contribution in [0.15, 0.2) is 48.8 Å². The van der Waals surface area contributed by atoms with E-state index in [2.05, 4.69) is 108 Å². The smallest absolute Gasteiger partial charge is 0.291 e. The van der Waals surface area contributed by atoms with Gasteiger partial charge in [0.25, 0.3) is 5.82 Å². The highest BCUT2D eigenvalue weighted by Crippen LogP contribution is 2.29. The zero-order valence-corrected chi connectivity index (χ0v) is 20.5. The van der Waals surface area contributed by atoms with Crippen molar-refractivity contribution in [2.45, 2.75) is 79.1 Å². The normalized spacial score (nSPS) is 11.6. The van der Waals surface area contributed by atoms with Crippen molar-refractivity contribution in [1.29, 1.82) is 0 Å². The van der Waals surface area contributed by atoms with Gasteiger partial charge in [0.1, 0.15) is 18.1 Å². The molecule has 0 amide bonds. The van der Waals surface area contributed by atoms with Crippen LogP contribution in [-0.2, 0) is 0 Å². The Balaban J connectivity index is 0.00000320. The lowest BCUT2D eigenvalue weighted by Gasteiger charge is -2.15. The van der Waals surface area contributed by atoms with Crippen LogP contribution in [0.2, 0.25) is 0 Å². The number of hydrogen-bond donors (Lipinski definition) is 1. The molecule has 0 aliphatic heterocycles. The molecule has 3 rings (SSSR count). The second-order valence-corrected chi connectivity index (χ2v) is 9.54. The van der Waals surface area contributed by atoms with Crippen molar-refractivity contribution in [3.8, 4) is 17.1 Å². The topological polar surface area (TPSA) is 19.7 Å². The third-order valence-corrected chi connectivity index (χ3v) is 5.84. The molecule has 3 heteroatoms. The average Bonchev–Trinajstić information content (AvgIpc) is 3.17. The highest BCUT2D eigenvalue weighted by Gasteiger charge is 2.20. The van der Waals surface area contributed by atoms with Crippen LogP contribution in [0, 0.1) is 0 Å². The van der Waals surface area contributed by atoms with Gasteiger partial charge in [-0.3, -0.25) is 0 Å². The summed E-state index contributed by atoms with van der Waals surface area (Å²) in [5, 5.41) is 0. The van der Waals surface area contributed by atoms with Gasteiger partial charge < -0.3 is 12.4 Å². The van der Waals surface area contributed by atoms with Crippen LogP contribution in [0.25, 0.3) is 17.1 Å². The zero-order valence-electron chi connectivity index (χ0n) is 19.8. The molecule has 0 saturated carbocycles. The Morgan fingerprint density at radius 3 is 1.40 bits per heavy atom. The van der Waals surface area contributed by atoms with E-state index in [9.17, 15) is 0 Å². The average molecular weight is 425 g/mol. The Morgan fingerprint density at radius 1 is 0.600 bits per heavy atom. The Kier molecular flexibility index (Phi) is 7.93.